The van der Waals surface area contributed by atoms with Gasteiger partial charge in [-0.25, -0.2) is 4.79 Å². The minimum absolute atomic E-state index is 0.0270. The van der Waals surface area contributed by atoms with Gasteiger partial charge in [0, 0.05) is 6.54 Å². The fourth-order valence-electron chi connectivity index (χ4n) is 1.52. The molecule has 1 atom stereocenters. The van der Waals surface area contributed by atoms with Gasteiger partial charge in [-0.1, -0.05) is 57.4 Å². The molecular formula is C15H23NO2. The molecule has 1 rings (SSSR count). The number of hydrogen-bond donors (Lipinski definition) is 0. The van der Waals surface area contributed by atoms with E-state index in [0.717, 1.165) is 5.57 Å². The molecule has 1 heterocycles. The van der Waals surface area contributed by atoms with Gasteiger partial charge in [0.05, 0.1) is 6.54 Å². The van der Waals surface area contributed by atoms with Crippen molar-refractivity contribution in [2.75, 3.05) is 13.1 Å². The van der Waals surface area contributed by atoms with Crippen molar-refractivity contribution in [1.29, 1.82) is 0 Å². The third-order valence-corrected chi connectivity index (χ3v) is 2.19. The molecule has 0 bridgehead atoms. The van der Waals surface area contributed by atoms with E-state index in [0.29, 0.717) is 13.1 Å². The van der Waals surface area contributed by atoms with Gasteiger partial charge in [-0.2, -0.15) is 0 Å². The Bertz CT molecular complexity index is 342. The summed E-state index contributed by atoms with van der Waals surface area (Å²) in [5.74, 6) is 0. The lowest BCUT2D eigenvalue weighted by atomic mass is 10.2. The second-order valence-electron chi connectivity index (χ2n) is 3.65. The van der Waals surface area contributed by atoms with Crippen LogP contribution in [0.15, 0.2) is 49.1 Å². The topological polar surface area (TPSA) is 29.5 Å². The van der Waals surface area contributed by atoms with Crippen LogP contribution in [0.3, 0.4) is 0 Å². The first kappa shape index (κ1) is 16.2. The van der Waals surface area contributed by atoms with Crippen LogP contribution in [0.4, 0.5) is 4.79 Å². The Morgan fingerprint density at radius 2 is 2.11 bits per heavy atom. The van der Waals surface area contributed by atoms with Gasteiger partial charge in [-0.05, 0) is 12.5 Å². The first-order valence-electron chi connectivity index (χ1n) is 6.23. The van der Waals surface area contributed by atoms with Crippen LogP contribution in [0.25, 0.3) is 0 Å². The summed E-state index contributed by atoms with van der Waals surface area (Å²) in [7, 11) is 0. The van der Waals surface area contributed by atoms with Crippen LogP contribution < -0.4 is 0 Å². The fourth-order valence-corrected chi connectivity index (χ4v) is 1.52. The first-order valence-corrected chi connectivity index (χ1v) is 6.23. The summed E-state index contributed by atoms with van der Waals surface area (Å²) in [5, 5.41) is 0. The Kier molecular flexibility index (Phi) is 8.37. The quantitative estimate of drug-likeness (QED) is 0.695. The summed E-state index contributed by atoms with van der Waals surface area (Å²) in [4.78, 5) is 13.1. The molecule has 0 aromatic heterocycles. The second kappa shape index (κ2) is 9.28. The summed E-state index contributed by atoms with van der Waals surface area (Å²) in [5.41, 5.74) is 1.00. The van der Waals surface area contributed by atoms with Crippen molar-refractivity contribution in [3.05, 3.63) is 49.1 Å². The van der Waals surface area contributed by atoms with E-state index in [1.807, 2.05) is 39.0 Å². The molecule has 1 aliphatic heterocycles. The van der Waals surface area contributed by atoms with E-state index < -0.39 is 0 Å². The van der Waals surface area contributed by atoms with Gasteiger partial charge < -0.3 is 9.64 Å². The van der Waals surface area contributed by atoms with E-state index >= 15 is 0 Å². The number of carbonyl (C=O) groups is 1. The van der Waals surface area contributed by atoms with Crippen molar-refractivity contribution in [3.63, 3.8) is 0 Å². The Balaban J connectivity index is 0.00000137. The smallest absolute Gasteiger partial charge is 0.410 e. The summed E-state index contributed by atoms with van der Waals surface area (Å²) in [6.45, 7) is 14.3. The van der Waals surface area contributed by atoms with E-state index in [4.69, 9.17) is 4.74 Å². The van der Waals surface area contributed by atoms with Gasteiger partial charge in [-0.3, -0.25) is 0 Å². The Morgan fingerprint density at radius 3 is 2.56 bits per heavy atom. The van der Waals surface area contributed by atoms with Crippen LogP contribution in [0.5, 0.6) is 0 Å². The van der Waals surface area contributed by atoms with Gasteiger partial charge in [0.25, 0.3) is 0 Å². The number of rotatable bonds is 5. The van der Waals surface area contributed by atoms with Crippen molar-refractivity contribution in [3.8, 4) is 0 Å². The highest BCUT2D eigenvalue weighted by atomic mass is 16.6. The van der Waals surface area contributed by atoms with Gasteiger partial charge in [-0.15, -0.1) is 0 Å². The van der Waals surface area contributed by atoms with Crippen LogP contribution in [-0.4, -0.2) is 30.2 Å². The molecule has 100 valence electrons. The first-order chi connectivity index (χ1) is 8.67. The van der Waals surface area contributed by atoms with Crippen molar-refractivity contribution in [1.82, 2.24) is 4.90 Å². The molecule has 0 saturated carbocycles. The van der Waals surface area contributed by atoms with Crippen LogP contribution in [0.1, 0.15) is 20.8 Å². The molecule has 0 N–H and O–H groups in total. The average molecular weight is 249 g/mol. The molecule has 0 aromatic carbocycles. The Morgan fingerprint density at radius 1 is 1.44 bits per heavy atom. The minimum atomic E-state index is -0.255. The Labute approximate surface area is 110 Å². The summed E-state index contributed by atoms with van der Waals surface area (Å²) >= 11 is 0. The maximum Gasteiger partial charge on any atom is 0.410 e. The summed E-state index contributed by atoms with van der Waals surface area (Å²) < 4.78 is 5.05. The number of hydrogen-bond acceptors (Lipinski definition) is 2. The highest BCUT2D eigenvalue weighted by Crippen LogP contribution is 2.13. The summed E-state index contributed by atoms with van der Waals surface area (Å²) in [6, 6.07) is 0. The minimum Gasteiger partial charge on any atom is -0.444 e. The SMILES string of the molecule is C=C/C=C\C(=C/C=C)CN1CC(C)OC1=O.CC. The molecule has 1 fully saturated rings. The summed E-state index contributed by atoms with van der Waals surface area (Å²) in [6.07, 6.45) is 8.73. The zero-order chi connectivity index (χ0) is 14.0. The van der Waals surface area contributed by atoms with Crippen LogP contribution in [0.2, 0.25) is 0 Å². The molecule has 0 radical (unpaired) electrons. The Hall–Kier alpha value is -1.77. The van der Waals surface area contributed by atoms with E-state index in [1.54, 1.807) is 17.1 Å². The van der Waals surface area contributed by atoms with Crippen molar-refractivity contribution in [2.45, 2.75) is 26.9 Å². The van der Waals surface area contributed by atoms with Gasteiger partial charge in [0.1, 0.15) is 6.10 Å². The largest absolute Gasteiger partial charge is 0.444 e. The van der Waals surface area contributed by atoms with E-state index in [2.05, 4.69) is 13.2 Å². The maximum atomic E-state index is 11.4. The lowest BCUT2D eigenvalue weighted by Gasteiger charge is -2.12. The number of amides is 1. The molecule has 0 aliphatic carbocycles. The van der Waals surface area contributed by atoms with E-state index in [9.17, 15) is 4.79 Å². The predicted octanol–water partition coefficient (Wildman–Crippen LogP) is 3.71. The molecule has 0 spiro atoms. The number of nitrogens with zero attached hydrogens (tertiary/aromatic N) is 1. The standard InChI is InChI=1S/C13H17NO2.C2H6/c1-4-6-8-12(7-5-2)10-14-9-11(3)16-13(14)15;1-2/h4-8,11H,1-2,9-10H2,3H3;1-2H3/b8-6-,12-7+;. The van der Waals surface area contributed by atoms with Crippen LogP contribution in [-0.2, 0) is 4.74 Å². The molecule has 3 heteroatoms. The number of allylic oxidation sites excluding steroid dienone is 4. The fraction of sp³-hybridized carbons (Fsp3) is 0.400. The average Bonchev–Trinajstić information content (AvgIpc) is 2.67. The number of carbonyl (C=O) groups excluding carboxylic acids is 1. The molecule has 3 nitrogen and oxygen atoms in total. The maximum absolute atomic E-state index is 11.4. The van der Waals surface area contributed by atoms with Gasteiger partial charge in [0.15, 0.2) is 0 Å². The molecule has 18 heavy (non-hydrogen) atoms. The van der Waals surface area contributed by atoms with Crippen molar-refractivity contribution >= 4 is 6.09 Å². The normalized spacial score (nSPS) is 19.3. The van der Waals surface area contributed by atoms with E-state index in [1.165, 1.54) is 0 Å². The zero-order valence-electron chi connectivity index (χ0n) is 11.6. The van der Waals surface area contributed by atoms with Crippen LogP contribution >= 0.6 is 0 Å². The molecule has 0 aromatic rings. The molecule has 1 unspecified atom stereocenters. The molecule has 1 aliphatic rings. The second-order valence-corrected chi connectivity index (χ2v) is 3.65. The number of ether oxygens (including phenoxy) is 1. The number of cyclic esters (lactones) is 1. The van der Waals surface area contributed by atoms with Crippen molar-refractivity contribution < 1.29 is 9.53 Å². The lowest BCUT2D eigenvalue weighted by Crippen LogP contribution is -2.26. The highest BCUT2D eigenvalue weighted by molar-refractivity contribution is 5.70. The van der Waals surface area contributed by atoms with Gasteiger partial charge >= 0.3 is 6.09 Å². The van der Waals surface area contributed by atoms with E-state index in [-0.39, 0.29) is 12.2 Å². The van der Waals surface area contributed by atoms with Crippen molar-refractivity contribution in [2.24, 2.45) is 0 Å². The molecule has 1 saturated heterocycles. The third-order valence-electron chi connectivity index (χ3n) is 2.19. The highest BCUT2D eigenvalue weighted by Gasteiger charge is 2.27. The molecule has 1 amide bonds. The van der Waals surface area contributed by atoms with Crippen LogP contribution in [0, 0.1) is 0 Å². The molecular weight excluding hydrogens is 226 g/mol. The zero-order valence-corrected chi connectivity index (χ0v) is 11.6. The monoisotopic (exact) mass is 249 g/mol. The van der Waals surface area contributed by atoms with Gasteiger partial charge in [0.2, 0.25) is 0 Å². The lowest BCUT2D eigenvalue weighted by molar-refractivity contribution is 0.139. The third kappa shape index (κ3) is 5.53. The predicted molar refractivity (Wildman–Crippen MR) is 76.5 cm³/mol.